The summed E-state index contributed by atoms with van der Waals surface area (Å²) >= 11 is 0. The lowest BCUT2D eigenvalue weighted by Gasteiger charge is -2.35. The van der Waals surface area contributed by atoms with Gasteiger partial charge in [-0.2, -0.15) is 0 Å². The summed E-state index contributed by atoms with van der Waals surface area (Å²) in [5, 5.41) is 5.69. The average Bonchev–Trinajstić information content (AvgIpc) is 2.77. The van der Waals surface area contributed by atoms with Crippen LogP contribution in [0.5, 0.6) is 5.75 Å². The summed E-state index contributed by atoms with van der Waals surface area (Å²) in [7, 11) is 4.60. The lowest BCUT2D eigenvalue weighted by molar-refractivity contribution is -0.136. The Morgan fingerprint density at radius 3 is 2.30 bits per heavy atom. The number of amides is 3. The van der Waals surface area contributed by atoms with Gasteiger partial charge in [0.25, 0.3) is 5.91 Å². The molecule has 0 spiro atoms. The Balaban J connectivity index is 2.05. The van der Waals surface area contributed by atoms with Crippen LogP contribution < -0.4 is 15.4 Å². The third-order valence-corrected chi connectivity index (χ3v) is 5.16. The van der Waals surface area contributed by atoms with E-state index in [0.29, 0.717) is 50.4 Å². The van der Waals surface area contributed by atoms with E-state index in [1.54, 1.807) is 43.4 Å². The van der Waals surface area contributed by atoms with E-state index < -0.39 is 6.04 Å². The van der Waals surface area contributed by atoms with Crippen LogP contribution >= 0.6 is 0 Å². The van der Waals surface area contributed by atoms with Crippen molar-refractivity contribution in [2.24, 2.45) is 5.92 Å². The molecule has 0 aromatic heterocycles. The van der Waals surface area contributed by atoms with E-state index in [9.17, 15) is 14.4 Å². The van der Waals surface area contributed by atoms with Crippen LogP contribution in [0.1, 0.15) is 23.2 Å². The van der Waals surface area contributed by atoms with Gasteiger partial charge < -0.3 is 29.7 Å². The van der Waals surface area contributed by atoms with Gasteiger partial charge in [-0.1, -0.05) is 0 Å². The highest BCUT2D eigenvalue weighted by atomic mass is 16.5. The third kappa shape index (κ3) is 6.70. The Labute approximate surface area is 177 Å². The molecule has 9 heteroatoms. The first kappa shape index (κ1) is 23.6. The van der Waals surface area contributed by atoms with E-state index in [0.717, 1.165) is 0 Å². The first-order valence-corrected chi connectivity index (χ1v) is 9.98. The zero-order chi connectivity index (χ0) is 21.9. The monoisotopic (exact) mass is 421 g/mol. The Bertz CT molecular complexity index is 701. The van der Waals surface area contributed by atoms with Crippen molar-refractivity contribution in [3.8, 4) is 5.75 Å². The first-order valence-electron chi connectivity index (χ1n) is 9.98. The van der Waals surface area contributed by atoms with Crippen LogP contribution in [-0.4, -0.2) is 82.8 Å². The standard InChI is InChI=1S/C21H31N3O6/c1-28-13-10-22-21(27)19(15-8-11-24(12-9-15)18(25)14-29-2)23-20(26)16-4-6-17(30-3)7-5-16/h4-7,15,19H,8-14H2,1-3H3,(H,22,27)(H,23,26)/t19-/m1/s1. The third-order valence-electron chi connectivity index (χ3n) is 5.16. The lowest BCUT2D eigenvalue weighted by Crippen LogP contribution is -2.54. The Kier molecular flexibility index (Phi) is 9.56. The molecule has 1 fully saturated rings. The summed E-state index contributed by atoms with van der Waals surface area (Å²) < 4.78 is 15.0. The van der Waals surface area contributed by atoms with Crippen LogP contribution in [0.15, 0.2) is 24.3 Å². The maximum Gasteiger partial charge on any atom is 0.251 e. The topological polar surface area (TPSA) is 106 Å². The van der Waals surface area contributed by atoms with Crippen molar-refractivity contribution in [1.29, 1.82) is 0 Å². The zero-order valence-electron chi connectivity index (χ0n) is 17.8. The molecule has 0 unspecified atom stereocenters. The molecule has 166 valence electrons. The van der Waals surface area contributed by atoms with E-state index >= 15 is 0 Å². The predicted molar refractivity (Wildman–Crippen MR) is 110 cm³/mol. The number of ether oxygens (including phenoxy) is 3. The van der Waals surface area contributed by atoms with Crippen LogP contribution in [0.4, 0.5) is 0 Å². The Morgan fingerprint density at radius 2 is 1.73 bits per heavy atom. The SMILES string of the molecule is COCCNC(=O)[C@H](NC(=O)c1ccc(OC)cc1)C1CCN(C(=O)COC)CC1. The first-order chi connectivity index (χ1) is 14.5. The highest BCUT2D eigenvalue weighted by Gasteiger charge is 2.33. The van der Waals surface area contributed by atoms with Gasteiger partial charge in [0.2, 0.25) is 11.8 Å². The minimum Gasteiger partial charge on any atom is -0.497 e. The molecular weight excluding hydrogens is 390 g/mol. The molecule has 0 bridgehead atoms. The molecular formula is C21H31N3O6. The van der Waals surface area contributed by atoms with Gasteiger partial charge in [0.05, 0.1) is 13.7 Å². The van der Waals surface area contributed by atoms with Crippen molar-refractivity contribution >= 4 is 17.7 Å². The summed E-state index contributed by atoms with van der Waals surface area (Å²) in [6.45, 7) is 1.82. The fourth-order valence-electron chi connectivity index (χ4n) is 3.45. The highest BCUT2D eigenvalue weighted by molar-refractivity contribution is 5.97. The van der Waals surface area contributed by atoms with E-state index in [4.69, 9.17) is 14.2 Å². The van der Waals surface area contributed by atoms with Gasteiger partial charge in [-0.05, 0) is 43.0 Å². The zero-order valence-corrected chi connectivity index (χ0v) is 17.8. The number of benzene rings is 1. The number of methoxy groups -OCH3 is 3. The maximum atomic E-state index is 12.8. The van der Waals surface area contributed by atoms with Crippen molar-refractivity contribution in [1.82, 2.24) is 15.5 Å². The summed E-state index contributed by atoms with van der Waals surface area (Å²) in [4.78, 5) is 39.3. The number of carbonyl (C=O) groups excluding carboxylic acids is 3. The van der Waals surface area contributed by atoms with E-state index in [-0.39, 0.29) is 30.2 Å². The van der Waals surface area contributed by atoms with Crippen molar-refractivity contribution in [3.63, 3.8) is 0 Å². The number of nitrogens with zero attached hydrogens (tertiary/aromatic N) is 1. The molecule has 1 saturated heterocycles. The molecule has 1 aromatic carbocycles. The molecule has 1 heterocycles. The molecule has 30 heavy (non-hydrogen) atoms. The molecule has 0 radical (unpaired) electrons. The second kappa shape index (κ2) is 12.1. The largest absolute Gasteiger partial charge is 0.497 e. The molecule has 9 nitrogen and oxygen atoms in total. The molecule has 1 aromatic rings. The number of hydrogen-bond acceptors (Lipinski definition) is 6. The summed E-state index contributed by atoms with van der Waals surface area (Å²) in [5.74, 6) is -0.0906. The van der Waals surface area contributed by atoms with Crippen molar-refractivity contribution in [3.05, 3.63) is 29.8 Å². The molecule has 1 aliphatic rings. The van der Waals surface area contributed by atoms with Gasteiger partial charge in [0.1, 0.15) is 18.4 Å². The fraction of sp³-hybridized carbons (Fsp3) is 0.571. The molecule has 0 aliphatic carbocycles. The van der Waals surface area contributed by atoms with Crippen LogP contribution in [0.3, 0.4) is 0 Å². The van der Waals surface area contributed by atoms with Crippen LogP contribution in [0.2, 0.25) is 0 Å². The molecule has 2 rings (SSSR count). The molecule has 1 atom stereocenters. The van der Waals surface area contributed by atoms with Gasteiger partial charge in [0.15, 0.2) is 0 Å². The van der Waals surface area contributed by atoms with Crippen molar-refractivity contribution in [2.75, 3.05) is 54.2 Å². The number of rotatable bonds is 10. The predicted octanol–water partition coefficient (Wildman–Crippen LogP) is 0.441. The normalized spacial score (nSPS) is 15.4. The number of piperidine rings is 1. The molecule has 3 amide bonds. The second-order valence-electron chi connectivity index (χ2n) is 7.11. The van der Waals surface area contributed by atoms with Gasteiger partial charge in [-0.15, -0.1) is 0 Å². The minimum absolute atomic E-state index is 0.0415. The van der Waals surface area contributed by atoms with Crippen LogP contribution in [0, 0.1) is 5.92 Å². The van der Waals surface area contributed by atoms with E-state index in [2.05, 4.69) is 10.6 Å². The van der Waals surface area contributed by atoms with Gasteiger partial charge >= 0.3 is 0 Å². The maximum absolute atomic E-state index is 12.8. The number of likely N-dealkylation sites (tertiary alicyclic amines) is 1. The number of carbonyl (C=O) groups is 3. The summed E-state index contributed by atoms with van der Waals surface area (Å²) in [6, 6.07) is 6.00. The fourth-order valence-corrected chi connectivity index (χ4v) is 3.45. The number of nitrogens with one attached hydrogen (secondary N) is 2. The summed E-state index contributed by atoms with van der Waals surface area (Å²) in [5.41, 5.74) is 0.443. The number of hydrogen-bond donors (Lipinski definition) is 2. The highest BCUT2D eigenvalue weighted by Crippen LogP contribution is 2.22. The molecule has 1 aliphatic heterocycles. The summed E-state index contributed by atoms with van der Waals surface area (Å²) in [6.07, 6.45) is 1.22. The van der Waals surface area contributed by atoms with E-state index in [1.165, 1.54) is 7.11 Å². The Morgan fingerprint density at radius 1 is 1.07 bits per heavy atom. The smallest absolute Gasteiger partial charge is 0.251 e. The van der Waals surface area contributed by atoms with Crippen molar-refractivity contribution < 1.29 is 28.6 Å². The van der Waals surface area contributed by atoms with Gasteiger partial charge in [0, 0.05) is 39.4 Å². The van der Waals surface area contributed by atoms with Crippen molar-refractivity contribution in [2.45, 2.75) is 18.9 Å². The second-order valence-corrected chi connectivity index (χ2v) is 7.11. The quantitative estimate of drug-likeness (QED) is 0.531. The molecule has 2 N–H and O–H groups in total. The van der Waals surface area contributed by atoms with Crippen LogP contribution in [-0.2, 0) is 19.1 Å². The minimum atomic E-state index is -0.698. The van der Waals surface area contributed by atoms with Gasteiger partial charge in [-0.3, -0.25) is 14.4 Å². The van der Waals surface area contributed by atoms with Crippen LogP contribution in [0.25, 0.3) is 0 Å². The Hall–Kier alpha value is -2.65. The molecule has 0 saturated carbocycles. The average molecular weight is 421 g/mol. The lowest BCUT2D eigenvalue weighted by atomic mass is 9.88. The van der Waals surface area contributed by atoms with E-state index in [1.807, 2.05) is 0 Å². The van der Waals surface area contributed by atoms with Gasteiger partial charge in [-0.25, -0.2) is 0 Å².